The highest BCUT2D eigenvalue weighted by molar-refractivity contribution is 4.86. The molecule has 1 saturated heterocycles. The molecule has 1 aliphatic carbocycles. The van der Waals surface area contributed by atoms with Gasteiger partial charge in [0.2, 0.25) is 0 Å². The van der Waals surface area contributed by atoms with E-state index in [0.717, 1.165) is 25.4 Å². The number of hydrogen-bond acceptors (Lipinski definition) is 2. The molecule has 12 heavy (non-hydrogen) atoms. The summed E-state index contributed by atoms with van der Waals surface area (Å²) in [7, 11) is 0. The minimum absolute atomic E-state index is 0.208. The minimum atomic E-state index is -0.794. The van der Waals surface area contributed by atoms with Crippen molar-refractivity contribution >= 4 is 0 Å². The zero-order valence-corrected chi connectivity index (χ0v) is 7.38. The van der Waals surface area contributed by atoms with Gasteiger partial charge in [-0.2, -0.15) is 0 Å². The molecule has 2 aliphatic rings. The maximum absolute atomic E-state index is 13.1. The molecule has 1 saturated carbocycles. The summed E-state index contributed by atoms with van der Waals surface area (Å²) in [4.78, 5) is 2.23. The van der Waals surface area contributed by atoms with Gasteiger partial charge in [0, 0.05) is 19.1 Å². The van der Waals surface area contributed by atoms with Crippen molar-refractivity contribution in [3.05, 3.63) is 0 Å². The molecule has 3 heteroatoms. The van der Waals surface area contributed by atoms with Crippen molar-refractivity contribution in [2.24, 2.45) is 11.7 Å². The summed E-state index contributed by atoms with van der Waals surface area (Å²) in [5.41, 5.74) is 5.59. The second-order valence-corrected chi connectivity index (χ2v) is 4.17. The molecule has 1 aliphatic heterocycles. The van der Waals surface area contributed by atoms with E-state index >= 15 is 0 Å². The summed E-state index contributed by atoms with van der Waals surface area (Å²) in [6.45, 7) is 2.67. The second kappa shape index (κ2) is 3.30. The molecule has 0 radical (unpaired) electrons. The van der Waals surface area contributed by atoms with Crippen LogP contribution < -0.4 is 5.73 Å². The lowest BCUT2D eigenvalue weighted by molar-refractivity contribution is 0.116. The highest BCUT2D eigenvalue weighted by atomic mass is 19.1. The summed E-state index contributed by atoms with van der Waals surface area (Å²) >= 11 is 0. The van der Waals surface area contributed by atoms with Crippen LogP contribution in [0.5, 0.6) is 0 Å². The SMILES string of the molecule is NC1CCN(CC2CC2)CC1F. The summed E-state index contributed by atoms with van der Waals surface area (Å²) in [5.74, 6) is 0.867. The van der Waals surface area contributed by atoms with E-state index in [1.54, 1.807) is 0 Å². The largest absolute Gasteiger partial charge is 0.325 e. The van der Waals surface area contributed by atoms with Gasteiger partial charge in [-0.05, 0) is 31.7 Å². The normalized spacial score (nSPS) is 38.5. The van der Waals surface area contributed by atoms with Gasteiger partial charge >= 0.3 is 0 Å². The van der Waals surface area contributed by atoms with Gasteiger partial charge in [0.1, 0.15) is 6.17 Å². The molecule has 2 rings (SSSR count). The fourth-order valence-electron chi connectivity index (χ4n) is 1.82. The van der Waals surface area contributed by atoms with Gasteiger partial charge in [-0.3, -0.25) is 0 Å². The zero-order chi connectivity index (χ0) is 8.55. The monoisotopic (exact) mass is 172 g/mol. The Kier molecular flexibility index (Phi) is 2.33. The predicted octanol–water partition coefficient (Wildman–Crippen LogP) is 0.767. The number of likely N-dealkylation sites (tertiary alicyclic amines) is 1. The Morgan fingerprint density at radius 3 is 2.67 bits per heavy atom. The van der Waals surface area contributed by atoms with E-state index in [2.05, 4.69) is 4.90 Å². The lowest BCUT2D eigenvalue weighted by atomic mass is 10.0. The van der Waals surface area contributed by atoms with Crippen LogP contribution >= 0.6 is 0 Å². The third kappa shape index (κ3) is 1.96. The standard InChI is InChI=1S/C9H17FN2/c10-8-6-12(4-3-9(8)11)5-7-1-2-7/h7-9H,1-6,11H2. The number of nitrogens with zero attached hydrogens (tertiary/aromatic N) is 1. The fraction of sp³-hybridized carbons (Fsp3) is 1.00. The molecular weight excluding hydrogens is 155 g/mol. The Morgan fingerprint density at radius 2 is 2.08 bits per heavy atom. The van der Waals surface area contributed by atoms with Crippen LogP contribution in [0.1, 0.15) is 19.3 Å². The van der Waals surface area contributed by atoms with Gasteiger partial charge in [0.05, 0.1) is 0 Å². The Morgan fingerprint density at radius 1 is 1.33 bits per heavy atom. The van der Waals surface area contributed by atoms with E-state index in [4.69, 9.17) is 5.73 Å². The van der Waals surface area contributed by atoms with E-state index in [1.807, 2.05) is 0 Å². The van der Waals surface area contributed by atoms with Crippen LogP contribution in [0.15, 0.2) is 0 Å². The summed E-state index contributed by atoms with van der Waals surface area (Å²) in [6, 6.07) is -0.208. The average molecular weight is 172 g/mol. The van der Waals surface area contributed by atoms with Crippen molar-refractivity contribution in [1.29, 1.82) is 0 Å². The van der Waals surface area contributed by atoms with Gasteiger partial charge in [-0.15, -0.1) is 0 Å². The number of alkyl halides is 1. The molecule has 1 heterocycles. The van der Waals surface area contributed by atoms with Crippen LogP contribution in [0, 0.1) is 5.92 Å². The maximum Gasteiger partial charge on any atom is 0.128 e. The highest BCUT2D eigenvalue weighted by Crippen LogP contribution is 2.30. The van der Waals surface area contributed by atoms with Crippen LogP contribution in [0.25, 0.3) is 0 Å². The number of rotatable bonds is 2. The van der Waals surface area contributed by atoms with Crippen molar-refractivity contribution in [3.8, 4) is 0 Å². The van der Waals surface area contributed by atoms with Crippen LogP contribution in [0.4, 0.5) is 4.39 Å². The third-order valence-electron chi connectivity index (χ3n) is 2.89. The second-order valence-electron chi connectivity index (χ2n) is 4.17. The van der Waals surface area contributed by atoms with Crippen LogP contribution in [0.3, 0.4) is 0 Å². The molecule has 2 unspecified atom stereocenters. The molecule has 0 aromatic heterocycles. The van der Waals surface area contributed by atoms with E-state index in [1.165, 1.54) is 12.8 Å². The van der Waals surface area contributed by atoms with E-state index in [9.17, 15) is 4.39 Å². The van der Waals surface area contributed by atoms with Gasteiger partial charge in [-0.1, -0.05) is 0 Å². The maximum atomic E-state index is 13.1. The van der Waals surface area contributed by atoms with E-state index in [-0.39, 0.29) is 6.04 Å². The quantitative estimate of drug-likeness (QED) is 0.666. The number of halogens is 1. The number of nitrogens with two attached hydrogens (primary N) is 1. The Balaban J connectivity index is 1.76. The van der Waals surface area contributed by atoms with Crippen LogP contribution in [0.2, 0.25) is 0 Å². The molecule has 2 atom stereocenters. The molecule has 2 N–H and O–H groups in total. The van der Waals surface area contributed by atoms with Crippen molar-refractivity contribution in [2.45, 2.75) is 31.5 Å². The van der Waals surface area contributed by atoms with E-state index in [0.29, 0.717) is 6.54 Å². The van der Waals surface area contributed by atoms with Crippen molar-refractivity contribution in [2.75, 3.05) is 19.6 Å². The molecule has 2 fully saturated rings. The van der Waals surface area contributed by atoms with Crippen LogP contribution in [-0.4, -0.2) is 36.7 Å². The molecule has 70 valence electrons. The van der Waals surface area contributed by atoms with Crippen molar-refractivity contribution in [1.82, 2.24) is 4.90 Å². The Labute approximate surface area is 72.9 Å². The first-order valence-electron chi connectivity index (χ1n) is 4.87. The highest BCUT2D eigenvalue weighted by Gasteiger charge is 2.30. The number of piperidine rings is 1. The molecule has 0 aromatic rings. The third-order valence-corrected chi connectivity index (χ3v) is 2.89. The van der Waals surface area contributed by atoms with E-state index < -0.39 is 6.17 Å². The summed E-state index contributed by atoms with van der Waals surface area (Å²) in [6.07, 6.45) is 2.73. The first-order chi connectivity index (χ1) is 5.75. The zero-order valence-electron chi connectivity index (χ0n) is 7.38. The van der Waals surface area contributed by atoms with Crippen molar-refractivity contribution in [3.63, 3.8) is 0 Å². The minimum Gasteiger partial charge on any atom is -0.325 e. The van der Waals surface area contributed by atoms with Gasteiger partial charge in [0.15, 0.2) is 0 Å². The summed E-state index contributed by atoms with van der Waals surface area (Å²) < 4.78 is 13.1. The molecule has 0 amide bonds. The molecule has 0 aromatic carbocycles. The first kappa shape index (κ1) is 8.45. The van der Waals surface area contributed by atoms with Gasteiger partial charge in [-0.25, -0.2) is 4.39 Å². The van der Waals surface area contributed by atoms with Crippen LogP contribution in [-0.2, 0) is 0 Å². The fourth-order valence-corrected chi connectivity index (χ4v) is 1.82. The van der Waals surface area contributed by atoms with Crippen molar-refractivity contribution < 1.29 is 4.39 Å². The Bertz CT molecular complexity index is 159. The average Bonchev–Trinajstić information content (AvgIpc) is 2.81. The summed E-state index contributed by atoms with van der Waals surface area (Å²) in [5, 5.41) is 0. The number of hydrogen-bond donors (Lipinski definition) is 1. The molecule has 0 bridgehead atoms. The lowest BCUT2D eigenvalue weighted by Crippen LogP contribution is -2.48. The molecular formula is C9H17FN2. The Hall–Kier alpha value is -0.150. The smallest absolute Gasteiger partial charge is 0.128 e. The molecule has 2 nitrogen and oxygen atoms in total. The van der Waals surface area contributed by atoms with Gasteiger partial charge in [0.25, 0.3) is 0 Å². The molecule has 0 spiro atoms. The predicted molar refractivity (Wildman–Crippen MR) is 46.7 cm³/mol. The lowest BCUT2D eigenvalue weighted by Gasteiger charge is -2.32. The van der Waals surface area contributed by atoms with Gasteiger partial charge < -0.3 is 10.6 Å². The topological polar surface area (TPSA) is 29.3 Å². The first-order valence-corrected chi connectivity index (χ1v) is 4.87.